The van der Waals surface area contributed by atoms with Crippen molar-refractivity contribution in [1.29, 1.82) is 0 Å². The fraction of sp³-hybridized carbons (Fsp3) is 0.350. The van der Waals surface area contributed by atoms with Gasteiger partial charge < -0.3 is 15.1 Å². The number of aromatic nitrogens is 1. The standard InChI is InChI=1S/C20H24N4O2/c1-23(2)18-8-6-15(7-9-18)12-22-20(26)16-11-19(25)24(13-16)14-17-5-3-4-10-21-17/h3-10,16H,11-14H2,1-2H3,(H,22,26)/t16-/m0/s1. The molecule has 1 atom stereocenters. The molecule has 26 heavy (non-hydrogen) atoms. The normalized spacial score (nSPS) is 16.6. The summed E-state index contributed by atoms with van der Waals surface area (Å²) in [6.07, 6.45) is 1.97. The highest BCUT2D eigenvalue weighted by atomic mass is 16.2. The first-order valence-corrected chi connectivity index (χ1v) is 8.74. The molecule has 6 heteroatoms. The Balaban J connectivity index is 1.51. The van der Waals surface area contributed by atoms with E-state index in [4.69, 9.17) is 0 Å². The van der Waals surface area contributed by atoms with E-state index in [9.17, 15) is 9.59 Å². The zero-order valence-electron chi connectivity index (χ0n) is 15.2. The summed E-state index contributed by atoms with van der Waals surface area (Å²) >= 11 is 0. The molecule has 1 fully saturated rings. The van der Waals surface area contributed by atoms with E-state index in [0.29, 0.717) is 19.6 Å². The topological polar surface area (TPSA) is 65.5 Å². The van der Waals surface area contributed by atoms with Gasteiger partial charge in [-0.15, -0.1) is 0 Å². The second kappa shape index (κ2) is 7.99. The SMILES string of the molecule is CN(C)c1ccc(CNC(=O)[C@H]2CC(=O)N(Cc3ccccn3)C2)cc1. The van der Waals surface area contributed by atoms with Gasteiger partial charge in [-0.3, -0.25) is 14.6 Å². The predicted octanol–water partition coefficient (Wildman–Crippen LogP) is 1.81. The van der Waals surface area contributed by atoms with Crippen LogP contribution in [0.3, 0.4) is 0 Å². The Bertz CT molecular complexity index is 759. The van der Waals surface area contributed by atoms with Crippen molar-refractivity contribution in [2.45, 2.75) is 19.5 Å². The molecule has 0 spiro atoms. The molecule has 1 aliphatic heterocycles. The highest BCUT2D eigenvalue weighted by Crippen LogP contribution is 2.20. The number of rotatable bonds is 6. The summed E-state index contributed by atoms with van der Waals surface area (Å²) in [5.74, 6) is -0.364. The van der Waals surface area contributed by atoms with Crippen LogP contribution >= 0.6 is 0 Å². The molecule has 6 nitrogen and oxygen atoms in total. The number of benzene rings is 1. The summed E-state index contributed by atoms with van der Waals surface area (Å²) in [7, 11) is 3.98. The van der Waals surface area contributed by atoms with E-state index in [2.05, 4.69) is 10.3 Å². The van der Waals surface area contributed by atoms with Crippen LogP contribution in [0.4, 0.5) is 5.69 Å². The molecule has 0 radical (unpaired) electrons. The van der Waals surface area contributed by atoms with Gasteiger partial charge in [0, 0.05) is 45.5 Å². The lowest BCUT2D eigenvalue weighted by molar-refractivity contribution is -0.129. The van der Waals surface area contributed by atoms with Crippen LogP contribution in [-0.2, 0) is 22.7 Å². The lowest BCUT2D eigenvalue weighted by Crippen LogP contribution is -2.32. The molecule has 2 aromatic rings. The monoisotopic (exact) mass is 352 g/mol. The molecule has 0 bridgehead atoms. The molecule has 1 saturated heterocycles. The number of nitrogens with one attached hydrogen (secondary N) is 1. The van der Waals surface area contributed by atoms with Gasteiger partial charge in [-0.25, -0.2) is 0 Å². The summed E-state index contributed by atoms with van der Waals surface area (Å²) in [5.41, 5.74) is 2.99. The molecule has 1 N–H and O–H groups in total. The lowest BCUT2D eigenvalue weighted by Gasteiger charge is -2.16. The molecule has 0 aliphatic carbocycles. The zero-order valence-corrected chi connectivity index (χ0v) is 15.2. The van der Waals surface area contributed by atoms with Gasteiger partial charge in [0.2, 0.25) is 11.8 Å². The highest BCUT2D eigenvalue weighted by Gasteiger charge is 2.34. The maximum atomic E-state index is 12.4. The first-order valence-electron chi connectivity index (χ1n) is 8.74. The van der Waals surface area contributed by atoms with E-state index < -0.39 is 0 Å². The minimum absolute atomic E-state index is 0.00568. The molecule has 1 aliphatic rings. The molecule has 1 aromatic carbocycles. The van der Waals surface area contributed by atoms with Gasteiger partial charge in [-0.05, 0) is 29.8 Å². The van der Waals surface area contributed by atoms with Crippen LogP contribution in [0.2, 0.25) is 0 Å². The molecule has 2 amide bonds. The van der Waals surface area contributed by atoms with E-state index >= 15 is 0 Å². The Morgan fingerprint density at radius 1 is 1.23 bits per heavy atom. The quantitative estimate of drug-likeness (QED) is 0.861. The number of likely N-dealkylation sites (tertiary alicyclic amines) is 1. The average molecular weight is 352 g/mol. The maximum Gasteiger partial charge on any atom is 0.225 e. The number of hydrogen-bond donors (Lipinski definition) is 1. The van der Waals surface area contributed by atoms with Gasteiger partial charge in [-0.1, -0.05) is 18.2 Å². The fourth-order valence-corrected chi connectivity index (χ4v) is 3.03. The number of hydrogen-bond acceptors (Lipinski definition) is 4. The van der Waals surface area contributed by atoms with Crippen molar-refractivity contribution in [3.05, 3.63) is 59.9 Å². The third kappa shape index (κ3) is 4.39. The number of carbonyl (C=O) groups excluding carboxylic acids is 2. The van der Waals surface area contributed by atoms with Crippen molar-refractivity contribution in [2.24, 2.45) is 5.92 Å². The minimum atomic E-state index is -0.299. The van der Waals surface area contributed by atoms with Crippen molar-refractivity contribution in [3.63, 3.8) is 0 Å². The third-order valence-electron chi connectivity index (χ3n) is 4.58. The summed E-state index contributed by atoms with van der Waals surface area (Å²) in [4.78, 5) is 32.6. The number of pyridine rings is 1. The zero-order chi connectivity index (χ0) is 18.5. The van der Waals surface area contributed by atoms with Gasteiger partial charge >= 0.3 is 0 Å². The van der Waals surface area contributed by atoms with Crippen molar-refractivity contribution in [1.82, 2.24) is 15.2 Å². The molecular formula is C20H24N4O2. The highest BCUT2D eigenvalue weighted by molar-refractivity contribution is 5.89. The smallest absolute Gasteiger partial charge is 0.225 e. The predicted molar refractivity (Wildman–Crippen MR) is 100 cm³/mol. The van der Waals surface area contributed by atoms with E-state index in [1.165, 1.54) is 0 Å². The molecular weight excluding hydrogens is 328 g/mol. The molecule has 136 valence electrons. The van der Waals surface area contributed by atoms with Gasteiger partial charge in [0.15, 0.2) is 0 Å². The lowest BCUT2D eigenvalue weighted by atomic mass is 10.1. The maximum absolute atomic E-state index is 12.4. The van der Waals surface area contributed by atoms with Crippen molar-refractivity contribution in [3.8, 4) is 0 Å². The largest absolute Gasteiger partial charge is 0.378 e. The summed E-state index contributed by atoms with van der Waals surface area (Å²) < 4.78 is 0. The van der Waals surface area contributed by atoms with Crippen LogP contribution in [0.1, 0.15) is 17.7 Å². The van der Waals surface area contributed by atoms with Gasteiger partial charge in [0.05, 0.1) is 18.2 Å². The van der Waals surface area contributed by atoms with Gasteiger partial charge in [-0.2, -0.15) is 0 Å². The molecule has 0 unspecified atom stereocenters. The van der Waals surface area contributed by atoms with E-state index in [-0.39, 0.29) is 24.2 Å². The average Bonchev–Trinajstić information content (AvgIpc) is 3.01. The van der Waals surface area contributed by atoms with Crippen LogP contribution in [0, 0.1) is 5.92 Å². The van der Waals surface area contributed by atoms with Gasteiger partial charge in [0.25, 0.3) is 0 Å². The second-order valence-electron chi connectivity index (χ2n) is 6.78. The van der Waals surface area contributed by atoms with Crippen LogP contribution < -0.4 is 10.2 Å². The Kier molecular flexibility index (Phi) is 5.51. The Morgan fingerprint density at radius 2 is 2.00 bits per heavy atom. The van der Waals surface area contributed by atoms with E-state index in [1.807, 2.05) is 61.5 Å². The first kappa shape index (κ1) is 17.9. The summed E-state index contributed by atoms with van der Waals surface area (Å²) in [5, 5.41) is 2.95. The molecule has 0 saturated carbocycles. The number of carbonyl (C=O) groups is 2. The van der Waals surface area contributed by atoms with Crippen LogP contribution in [0.25, 0.3) is 0 Å². The van der Waals surface area contributed by atoms with Crippen molar-refractivity contribution >= 4 is 17.5 Å². The minimum Gasteiger partial charge on any atom is -0.378 e. The number of amides is 2. The second-order valence-corrected chi connectivity index (χ2v) is 6.78. The third-order valence-corrected chi connectivity index (χ3v) is 4.58. The van der Waals surface area contributed by atoms with Crippen LogP contribution in [-0.4, -0.2) is 42.3 Å². The van der Waals surface area contributed by atoms with E-state index in [1.54, 1.807) is 11.1 Å². The fourth-order valence-electron chi connectivity index (χ4n) is 3.03. The van der Waals surface area contributed by atoms with Crippen LogP contribution in [0.15, 0.2) is 48.7 Å². The first-order chi connectivity index (χ1) is 12.5. The number of nitrogens with zero attached hydrogens (tertiary/aromatic N) is 3. The summed E-state index contributed by atoms with van der Waals surface area (Å²) in [6, 6.07) is 13.7. The van der Waals surface area contributed by atoms with Crippen LogP contribution in [0.5, 0.6) is 0 Å². The molecule has 3 rings (SSSR count). The Hall–Kier alpha value is -2.89. The molecule has 1 aromatic heterocycles. The Labute approximate surface area is 153 Å². The van der Waals surface area contributed by atoms with E-state index in [0.717, 1.165) is 16.9 Å². The molecule has 2 heterocycles. The van der Waals surface area contributed by atoms with Crippen molar-refractivity contribution < 1.29 is 9.59 Å². The summed E-state index contributed by atoms with van der Waals surface area (Å²) in [6.45, 7) is 1.37. The Morgan fingerprint density at radius 3 is 2.65 bits per heavy atom. The van der Waals surface area contributed by atoms with Gasteiger partial charge in [0.1, 0.15) is 0 Å². The van der Waals surface area contributed by atoms with Crippen molar-refractivity contribution in [2.75, 3.05) is 25.5 Å². The number of anilines is 1.